The molecule has 1 fully saturated rings. The molecule has 0 saturated carbocycles. The second-order valence-electron chi connectivity index (χ2n) is 6.68. The molecule has 0 N–H and O–H groups in total. The monoisotopic (exact) mass is 337 g/mol. The largest absolute Gasteiger partial charge is 0.407 e. The van der Waals surface area contributed by atoms with Gasteiger partial charge in [-0.05, 0) is 5.21 Å². The van der Waals surface area contributed by atoms with Gasteiger partial charge >= 0.3 is 6.01 Å². The van der Waals surface area contributed by atoms with Gasteiger partial charge in [0.25, 0.3) is 0 Å². The maximum Gasteiger partial charge on any atom is 0.318 e. The first kappa shape index (κ1) is 16.8. The molecule has 1 aliphatic rings. The van der Waals surface area contributed by atoms with Gasteiger partial charge in [-0.25, -0.2) is 0 Å². The van der Waals surface area contributed by atoms with E-state index in [0.29, 0.717) is 50.6 Å². The highest BCUT2D eigenvalue weighted by Crippen LogP contribution is 2.27. The van der Waals surface area contributed by atoms with Gasteiger partial charge in [0.2, 0.25) is 11.7 Å². The number of anilines is 1. The summed E-state index contributed by atoms with van der Waals surface area (Å²) in [7, 11) is 1.64. The third-order valence-corrected chi connectivity index (χ3v) is 3.64. The highest BCUT2D eigenvalue weighted by molar-refractivity contribution is 5.26. The van der Waals surface area contributed by atoms with E-state index in [1.165, 1.54) is 4.80 Å². The Morgan fingerprint density at radius 2 is 2.08 bits per heavy atom. The Labute approximate surface area is 140 Å². The third kappa shape index (κ3) is 3.70. The standard InChI is InChI=1S/C14H23N7O3/c1-14(2,3)12-16-17-13(24-12)20-5-8-23-10(9-20)11-15-19-21(18-11)6-7-22-4/h10H,5-9H2,1-4H3/t10-/m0/s1. The van der Waals surface area contributed by atoms with Gasteiger partial charge in [-0.1, -0.05) is 25.9 Å². The molecule has 1 atom stereocenters. The molecule has 0 aliphatic carbocycles. The van der Waals surface area contributed by atoms with Crippen LogP contribution in [0.4, 0.5) is 6.01 Å². The van der Waals surface area contributed by atoms with Crippen LogP contribution in [0.25, 0.3) is 0 Å². The van der Waals surface area contributed by atoms with Crippen LogP contribution in [0.5, 0.6) is 0 Å². The van der Waals surface area contributed by atoms with Gasteiger partial charge < -0.3 is 18.8 Å². The summed E-state index contributed by atoms with van der Waals surface area (Å²) in [5.74, 6) is 1.16. The Hall–Kier alpha value is -2.07. The summed E-state index contributed by atoms with van der Waals surface area (Å²) in [6, 6.07) is 0.500. The fourth-order valence-electron chi connectivity index (χ4n) is 2.28. The number of hydrogen-bond donors (Lipinski definition) is 0. The van der Waals surface area contributed by atoms with E-state index in [1.54, 1.807) is 7.11 Å². The topological polar surface area (TPSA) is 104 Å². The molecule has 0 aromatic carbocycles. The zero-order chi connectivity index (χ0) is 17.2. The SMILES string of the molecule is COCCn1nnc([C@@H]2CN(c3nnc(C(C)(C)C)o3)CCO2)n1. The Balaban J connectivity index is 1.68. The van der Waals surface area contributed by atoms with Crippen LogP contribution in [0.15, 0.2) is 4.42 Å². The van der Waals surface area contributed by atoms with E-state index in [0.717, 1.165) is 0 Å². The molecule has 1 saturated heterocycles. The molecular weight excluding hydrogens is 314 g/mol. The molecule has 0 radical (unpaired) electrons. The van der Waals surface area contributed by atoms with Crippen LogP contribution in [0.1, 0.15) is 38.6 Å². The van der Waals surface area contributed by atoms with Crippen LogP contribution in [0.2, 0.25) is 0 Å². The number of hydrogen-bond acceptors (Lipinski definition) is 9. The van der Waals surface area contributed by atoms with Crippen molar-refractivity contribution in [1.82, 2.24) is 30.4 Å². The van der Waals surface area contributed by atoms with Crippen LogP contribution in [-0.4, -0.2) is 63.8 Å². The third-order valence-electron chi connectivity index (χ3n) is 3.64. The van der Waals surface area contributed by atoms with Crippen LogP contribution >= 0.6 is 0 Å². The summed E-state index contributed by atoms with van der Waals surface area (Å²) in [6.07, 6.45) is -0.278. The lowest BCUT2D eigenvalue weighted by molar-refractivity contribution is 0.0319. The zero-order valence-corrected chi connectivity index (χ0v) is 14.5. The Morgan fingerprint density at radius 3 is 2.79 bits per heavy atom. The van der Waals surface area contributed by atoms with E-state index in [4.69, 9.17) is 13.9 Å². The van der Waals surface area contributed by atoms with E-state index < -0.39 is 0 Å². The molecule has 0 spiro atoms. The molecule has 0 bridgehead atoms. The van der Waals surface area contributed by atoms with Crippen molar-refractivity contribution in [2.75, 3.05) is 38.3 Å². The number of ether oxygens (including phenoxy) is 2. The molecule has 3 heterocycles. The molecular formula is C14H23N7O3. The summed E-state index contributed by atoms with van der Waals surface area (Å²) in [6.45, 7) is 8.95. The molecule has 0 amide bonds. The quantitative estimate of drug-likeness (QED) is 0.774. The average Bonchev–Trinajstić information content (AvgIpc) is 3.22. The molecule has 132 valence electrons. The summed E-state index contributed by atoms with van der Waals surface area (Å²) in [4.78, 5) is 3.50. The summed E-state index contributed by atoms with van der Waals surface area (Å²) >= 11 is 0. The van der Waals surface area contributed by atoms with E-state index in [1.807, 2.05) is 25.7 Å². The number of morpholine rings is 1. The first-order valence-electron chi connectivity index (χ1n) is 7.94. The van der Waals surface area contributed by atoms with Crippen molar-refractivity contribution in [3.8, 4) is 0 Å². The fraction of sp³-hybridized carbons (Fsp3) is 0.786. The Morgan fingerprint density at radius 1 is 1.25 bits per heavy atom. The predicted molar refractivity (Wildman–Crippen MR) is 83.6 cm³/mol. The summed E-state index contributed by atoms with van der Waals surface area (Å²) in [5, 5.41) is 20.7. The zero-order valence-electron chi connectivity index (χ0n) is 14.5. The number of nitrogens with zero attached hydrogens (tertiary/aromatic N) is 7. The minimum atomic E-state index is -0.278. The Bertz CT molecular complexity index is 663. The van der Waals surface area contributed by atoms with Crippen molar-refractivity contribution < 1.29 is 13.9 Å². The molecule has 1 aliphatic heterocycles. The van der Waals surface area contributed by atoms with Gasteiger partial charge in [-0.3, -0.25) is 0 Å². The van der Waals surface area contributed by atoms with E-state index >= 15 is 0 Å². The minimum Gasteiger partial charge on any atom is -0.407 e. The molecule has 24 heavy (non-hydrogen) atoms. The number of tetrazole rings is 1. The normalized spacial score (nSPS) is 19.0. The lowest BCUT2D eigenvalue weighted by atomic mass is 9.97. The highest BCUT2D eigenvalue weighted by Gasteiger charge is 2.30. The van der Waals surface area contributed by atoms with E-state index in [9.17, 15) is 0 Å². The minimum absolute atomic E-state index is 0.178. The van der Waals surface area contributed by atoms with Gasteiger partial charge in [0.1, 0.15) is 6.10 Å². The van der Waals surface area contributed by atoms with Gasteiger partial charge in [0.05, 0.1) is 26.3 Å². The van der Waals surface area contributed by atoms with Crippen molar-refractivity contribution in [3.63, 3.8) is 0 Å². The first-order valence-corrected chi connectivity index (χ1v) is 7.94. The van der Waals surface area contributed by atoms with Crippen LogP contribution < -0.4 is 4.90 Å². The lowest BCUT2D eigenvalue weighted by Gasteiger charge is -2.29. The smallest absolute Gasteiger partial charge is 0.318 e. The maximum absolute atomic E-state index is 5.80. The highest BCUT2D eigenvalue weighted by atomic mass is 16.5. The van der Waals surface area contributed by atoms with E-state index in [-0.39, 0.29) is 11.5 Å². The van der Waals surface area contributed by atoms with Crippen molar-refractivity contribution in [1.29, 1.82) is 0 Å². The molecule has 0 unspecified atom stereocenters. The molecule has 10 heteroatoms. The van der Waals surface area contributed by atoms with Crippen molar-refractivity contribution >= 4 is 6.01 Å². The van der Waals surface area contributed by atoms with Gasteiger partial charge in [-0.15, -0.1) is 15.3 Å². The molecule has 2 aromatic rings. The maximum atomic E-state index is 5.80. The molecule has 2 aromatic heterocycles. The first-order chi connectivity index (χ1) is 11.5. The van der Waals surface area contributed by atoms with Crippen LogP contribution in [0, 0.1) is 0 Å². The number of methoxy groups -OCH3 is 1. The predicted octanol–water partition coefficient (Wildman–Crippen LogP) is 0.578. The average molecular weight is 337 g/mol. The number of rotatable bonds is 5. The second kappa shape index (κ2) is 6.81. The number of aromatic nitrogens is 6. The molecule has 3 rings (SSSR count). The second-order valence-corrected chi connectivity index (χ2v) is 6.68. The lowest BCUT2D eigenvalue weighted by Crippen LogP contribution is -2.39. The Kier molecular flexibility index (Phi) is 4.76. The van der Waals surface area contributed by atoms with Gasteiger partial charge in [0, 0.05) is 19.1 Å². The summed E-state index contributed by atoms with van der Waals surface area (Å²) in [5.41, 5.74) is -0.178. The summed E-state index contributed by atoms with van der Waals surface area (Å²) < 4.78 is 16.6. The van der Waals surface area contributed by atoms with E-state index in [2.05, 4.69) is 25.6 Å². The molecule has 10 nitrogen and oxygen atoms in total. The van der Waals surface area contributed by atoms with Crippen molar-refractivity contribution in [3.05, 3.63) is 11.7 Å². The van der Waals surface area contributed by atoms with Crippen LogP contribution in [-0.2, 0) is 21.4 Å². The van der Waals surface area contributed by atoms with Crippen molar-refractivity contribution in [2.45, 2.75) is 38.8 Å². The van der Waals surface area contributed by atoms with Gasteiger partial charge in [0.15, 0.2) is 0 Å². The van der Waals surface area contributed by atoms with Crippen LogP contribution in [0.3, 0.4) is 0 Å². The van der Waals surface area contributed by atoms with Crippen molar-refractivity contribution in [2.24, 2.45) is 0 Å². The fourth-order valence-corrected chi connectivity index (χ4v) is 2.28. The van der Waals surface area contributed by atoms with Gasteiger partial charge in [-0.2, -0.15) is 4.80 Å².